The quantitative estimate of drug-likeness (QED) is 0.804. The molecule has 0 aromatic heterocycles. The van der Waals surface area contributed by atoms with Crippen molar-refractivity contribution in [3.8, 4) is 0 Å². The number of imide groups is 1. The zero-order valence-electron chi connectivity index (χ0n) is 11.9. The molecule has 0 aromatic rings. The number of carbonyl (C=O) groups excluding carboxylic acids is 2. The van der Waals surface area contributed by atoms with Crippen molar-refractivity contribution in [3.63, 3.8) is 0 Å². The summed E-state index contributed by atoms with van der Waals surface area (Å²) in [5, 5.41) is 8.59. The lowest BCUT2D eigenvalue weighted by Gasteiger charge is -2.30. The van der Waals surface area contributed by atoms with Gasteiger partial charge >= 0.3 is 5.97 Å². The van der Waals surface area contributed by atoms with E-state index < -0.39 is 16.0 Å². The van der Waals surface area contributed by atoms with Gasteiger partial charge in [-0.25, -0.2) is 0 Å². The minimum atomic E-state index is -1.05. The van der Waals surface area contributed by atoms with Gasteiger partial charge in [-0.2, -0.15) is 0 Å². The van der Waals surface area contributed by atoms with Gasteiger partial charge in [0.1, 0.15) is 4.75 Å². The first-order chi connectivity index (χ1) is 9.33. The van der Waals surface area contributed by atoms with Crippen molar-refractivity contribution in [2.45, 2.75) is 68.4 Å². The van der Waals surface area contributed by atoms with Crippen molar-refractivity contribution < 1.29 is 19.5 Å². The summed E-state index contributed by atoms with van der Waals surface area (Å²) in [5.74, 6) is -1.29. The fraction of sp³-hybridized carbons (Fsp3) is 0.786. The minimum absolute atomic E-state index is 0.0299. The molecule has 2 aliphatic rings. The van der Waals surface area contributed by atoms with Crippen LogP contribution in [-0.4, -0.2) is 43.8 Å². The lowest BCUT2D eigenvalue weighted by molar-refractivity contribution is -0.141. The molecule has 2 amide bonds. The average molecular weight is 299 g/mol. The smallest absolute Gasteiger partial charge is 0.319 e. The molecule has 1 heterocycles. The Morgan fingerprint density at radius 1 is 1.25 bits per heavy atom. The first kappa shape index (κ1) is 15.4. The van der Waals surface area contributed by atoms with E-state index in [-0.39, 0.29) is 24.3 Å². The molecule has 0 bridgehead atoms. The van der Waals surface area contributed by atoms with Gasteiger partial charge in [0.25, 0.3) is 0 Å². The second kappa shape index (κ2) is 5.76. The number of hydrogen-bond acceptors (Lipinski definition) is 4. The molecule has 1 aliphatic carbocycles. The van der Waals surface area contributed by atoms with Gasteiger partial charge in [0.15, 0.2) is 0 Å². The summed E-state index contributed by atoms with van der Waals surface area (Å²) in [7, 11) is 0. The molecular formula is C14H21NO4S. The lowest BCUT2D eigenvalue weighted by atomic mass is 9.94. The topological polar surface area (TPSA) is 74.7 Å². The Morgan fingerprint density at radius 2 is 1.85 bits per heavy atom. The number of aliphatic carboxylic acids is 1. The van der Waals surface area contributed by atoms with Crippen LogP contribution in [0.5, 0.6) is 0 Å². The molecule has 1 saturated carbocycles. The standard InChI is InChI=1S/C14H21NO4S/c1-14(2,13(18)19)20-10-8-11(16)15(12(10)17)9-6-4-3-5-7-9/h9-10H,3-8H2,1-2H3,(H,18,19). The lowest BCUT2D eigenvalue weighted by Crippen LogP contribution is -2.42. The van der Waals surface area contributed by atoms with E-state index in [0.717, 1.165) is 43.9 Å². The monoisotopic (exact) mass is 299 g/mol. The van der Waals surface area contributed by atoms with Crippen LogP contribution in [0.25, 0.3) is 0 Å². The maximum atomic E-state index is 12.4. The van der Waals surface area contributed by atoms with Crippen LogP contribution in [0.1, 0.15) is 52.4 Å². The van der Waals surface area contributed by atoms with E-state index in [1.807, 2.05) is 0 Å². The number of carboxylic acids is 1. The van der Waals surface area contributed by atoms with Crippen molar-refractivity contribution in [2.75, 3.05) is 0 Å². The van der Waals surface area contributed by atoms with Gasteiger partial charge in [0, 0.05) is 12.5 Å². The van der Waals surface area contributed by atoms with Crippen molar-refractivity contribution in [1.82, 2.24) is 4.90 Å². The number of amides is 2. The molecule has 2 rings (SSSR count). The first-order valence-corrected chi connectivity index (χ1v) is 7.98. The van der Waals surface area contributed by atoms with Crippen LogP contribution >= 0.6 is 11.8 Å². The van der Waals surface area contributed by atoms with Gasteiger partial charge in [0.05, 0.1) is 5.25 Å². The maximum absolute atomic E-state index is 12.4. The average Bonchev–Trinajstić information content (AvgIpc) is 2.64. The van der Waals surface area contributed by atoms with Crippen molar-refractivity contribution in [3.05, 3.63) is 0 Å². The third-order valence-electron chi connectivity index (χ3n) is 4.03. The Balaban J connectivity index is 2.06. The van der Waals surface area contributed by atoms with E-state index in [4.69, 9.17) is 5.11 Å². The van der Waals surface area contributed by atoms with Gasteiger partial charge in [-0.3, -0.25) is 19.3 Å². The van der Waals surface area contributed by atoms with E-state index in [1.54, 1.807) is 13.8 Å². The van der Waals surface area contributed by atoms with Crippen molar-refractivity contribution in [2.24, 2.45) is 0 Å². The number of thioether (sulfide) groups is 1. The van der Waals surface area contributed by atoms with Crippen LogP contribution in [0.4, 0.5) is 0 Å². The predicted molar refractivity (Wildman–Crippen MR) is 76.4 cm³/mol. The van der Waals surface area contributed by atoms with Crippen LogP contribution in [0, 0.1) is 0 Å². The SMILES string of the molecule is CC(C)(SC1CC(=O)N(C2CCCCC2)C1=O)C(=O)O. The van der Waals surface area contributed by atoms with Crippen molar-refractivity contribution in [1.29, 1.82) is 0 Å². The largest absolute Gasteiger partial charge is 0.480 e. The number of rotatable bonds is 4. The maximum Gasteiger partial charge on any atom is 0.319 e. The number of hydrogen-bond donors (Lipinski definition) is 1. The number of nitrogens with zero attached hydrogens (tertiary/aromatic N) is 1. The molecule has 112 valence electrons. The summed E-state index contributed by atoms with van der Waals surface area (Å²) in [6.07, 6.45) is 5.18. The zero-order chi connectivity index (χ0) is 14.9. The van der Waals surface area contributed by atoms with E-state index >= 15 is 0 Å². The second-order valence-corrected chi connectivity index (χ2v) is 7.85. The number of likely N-dealkylation sites (tertiary alicyclic amines) is 1. The first-order valence-electron chi connectivity index (χ1n) is 7.10. The molecule has 0 radical (unpaired) electrons. The third-order valence-corrected chi connectivity index (χ3v) is 5.45. The molecule has 1 unspecified atom stereocenters. The molecule has 1 N–H and O–H groups in total. The molecule has 1 atom stereocenters. The molecule has 5 nitrogen and oxygen atoms in total. The summed E-state index contributed by atoms with van der Waals surface area (Å²) in [5.41, 5.74) is 0. The molecule has 1 saturated heterocycles. The minimum Gasteiger partial charge on any atom is -0.480 e. The Morgan fingerprint density at radius 3 is 2.40 bits per heavy atom. The van der Waals surface area contributed by atoms with Gasteiger partial charge in [-0.15, -0.1) is 11.8 Å². The van der Waals surface area contributed by atoms with Gasteiger partial charge in [-0.1, -0.05) is 19.3 Å². The molecule has 0 aromatic carbocycles. The molecule has 2 fully saturated rings. The molecule has 20 heavy (non-hydrogen) atoms. The Labute approximate surface area is 123 Å². The second-order valence-electron chi connectivity index (χ2n) is 6.02. The van der Waals surface area contributed by atoms with Crippen molar-refractivity contribution >= 4 is 29.5 Å². The molecular weight excluding hydrogens is 278 g/mol. The van der Waals surface area contributed by atoms with E-state index in [0.29, 0.717) is 0 Å². The normalized spacial score (nSPS) is 25.3. The zero-order valence-corrected chi connectivity index (χ0v) is 12.7. The van der Waals surface area contributed by atoms with Crippen LogP contribution in [0.15, 0.2) is 0 Å². The summed E-state index contributed by atoms with van der Waals surface area (Å²) in [6.45, 7) is 3.14. The highest BCUT2D eigenvalue weighted by Crippen LogP contribution is 2.37. The highest BCUT2D eigenvalue weighted by molar-refractivity contribution is 8.02. The summed E-state index contributed by atoms with van der Waals surface area (Å²) in [6, 6.07) is 0.0299. The Hall–Kier alpha value is -1.04. The fourth-order valence-corrected chi connectivity index (χ4v) is 4.10. The molecule has 1 aliphatic heterocycles. The summed E-state index contributed by atoms with van der Waals surface area (Å²) >= 11 is 1.09. The van der Waals surface area contributed by atoms with E-state index in [2.05, 4.69) is 0 Å². The van der Waals surface area contributed by atoms with E-state index in [9.17, 15) is 14.4 Å². The van der Waals surface area contributed by atoms with Crippen LogP contribution < -0.4 is 0 Å². The Kier molecular flexibility index (Phi) is 4.42. The summed E-state index contributed by atoms with van der Waals surface area (Å²) in [4.78, 5) is 37.1. The Bertz CT molecular complexity index is 429. The third kappa shape index (κ3) is 3.00. The summed E-state index contributed by atoms with van der Waals surface area (Å²) < 4.78 is -1.05. The van der Waals surface area contributed by atoms with Crippen LogP contribution in [-0.2, 0) is 14.4 Å². The number of carbonyl (C=O) groups is 3. The molecule has 6 heteroatoms. The van der Waals surface area contributed by atoms with Gasteiger partial charge in [0.2, 0.25) is 11.8 Å². The van der Waals surface area contributed by atoms with Gasteiger partial charge < -0.3 is 5.11 Å². The highest BCUT2D eigenvalue weighted by atomic mass is 32.2. The molecule has 0 spiro atoms. The van der Waals surface area contributed by atoms with Crippen LogP contribution in [0.3, 0.4) is 0 Å². The van der Waals surface area contributed by atoms with Crippen LogP contribution in [0.2, 0.25) is 0 Å². The predicted octanol–water partition coefficient (Wildman–Crippen LogP) is 2.04. The fourth-order valence-electron chi connectivity index (χ4n) is 2.84. The van der Waals surface area contributed by atoms with Gasteiger partial charge in [-0.05, 0) is 26.7 Å². The van der Waals surface area contributed by atoms with E-state index in [1.165, 1.54) is 4.90 Å². The number of carboxylic acid groups (broad SMARTS) is 1. The highest BCUT2D eigenvalue weighted by Gasteiger charge is 2.46.